The van der Waals surface area contributed by atoms with Crippen LogP contribution in [0.25, 0.3) is 0 Å². The molecule has 3 aromatic rings. The molecule has 2 heterocycles. The van der Waals surface area contributed by atoms with Gasteiger partial charge in [0.15, 0.2) is 5.82 Å². The fourth-order valence-electron chi connectivity index (χ4n) is 3.56. The highest BCUT2D eigenvalue weighted by atomic mass is 16.5. The predicted octanol–water partition coefficient (Wildman–Crippen LogP) is 3.99. The van der Waals surface area contributed by atoms with Crippen molar-refractivity contribution in [3.63, 3.8) is 0 Å². The van der Waals surface area contributed by atoms with Crippen molar-refractivity contribution >= 4 is 17.4 Å². The van der Waals surface area contributed by atoms with Crippen LogP contribution in [-0.4, -0.2) is 36.5 Å². The Morgan fingerprint density at radius 3 is 2.87 bits per heavy atom. The molecule has 0 radical (unpaired) electrons. The van der Waals surface area contributed by atoms with Crippen LogP contribution in [0.3, 0.4) is 0 Å². The Labute approximate surface area is 174 Å². The van der Waals surface area contributed by atoms with Crippen LogP contribution < -0.4 is 15.0 Å². The molecule has 2 amide bonds. The van der Waals surface area contributed by atoms with Crippen molar-refractivity contribution in [3.05, 3.63) is 65.8 Å². The molecule has 0 spiro atoms. The number of fused-ring (bicyclic) bond motifs is 1. The van der Waals surface area contributed by atoms with Crippen molar-refractivity contribution < 1.29 is 18.8 Å². The number of ether oxygens (including phenoxy) is 2. The minimum Gasteiger partial charge on any atom is -0.492 e. The number of methoxy groups -OCH3 is 1. The topological polar surface area (TPSA) is 89.7 Å². The first kappa shape index (κ1) is 19.9. The summed E-state index contributed by atoms with van der Waals surface area (Å²) in [5, 5.41) is 7.00. The van der Waals surface area contributed by atoms with E-state index >= 15 is 0 Å². The number of anilines is 2. The van der Waals surface area contributed by atoms with Gasteiger partial charge >= 0.3 is 6.03 Å². The zero-order valence-electron chi connectivity index (χ0n) is 17.0. The molecule has 1 atom stereocenters. The Hall–Kier alpha value is -3.39. The lowest BCUT2D eigenvalue weighted by Gasteiger charge is -2.24. The Bertz CT molecular complexity index is 1020. The summed E-state index contributed by atoms with van der Waals surface area (Å²) in [6.07, 6.45) is 1.15. The standard InChI is InChI=1S/C22H24N4O4/c1-3-29-19-11-7-5-9-16(19)23-22(27)26-17-10-6-4-8-15(17)14-18(26)21-24-20(25-30-21)12-13-28-2/h4-11,18H,3,12-14H2,1-2H3,(H,23,27). The Morgan fingerprint density at radius 1 is 1.23 bits per heavy atom. The van der Waals surface area contributed by atoms with Crippen LogP contribution in [0, 0.1) is 0 Å². The molecule has 1 aliphatic rings. The quantitative estimate of drug-likeness (QED) is 0.636. The Balaban J connectivity index is 1.62. The Morgan fingerprint density at radius 2 is 2.03 bits per heavy atom. The number of para-hydroxylation sites is 3. The van der Waals surface area contributed by atoms with E-state index in [-0.39, 0.29) is 12.1 Å². The number of benzene rings is 2. The van der Waals surface area contributed by atoms with Crippen LogP contribution in [-0.2, 0) is 17.6 Å². The van der Waals surface area contributed by atoms with Gasteiger partial charge in [0.1, 0.15) is 11.8 Å². The molecule has 30 heavy (non-hydrogen) atoms. The summed E-state index contributed by atoms with van der Waals surface area (Å²) in [5.74, 6) is 1.59. The summed E-state index contributed by atoms with van der Waals surface area (Å²) in [6, 6.07) is 14.5. The largest absolute Gasteiger partial charge is 0.492 e. The highest BCUT2D eigenvalue weighted by Gasteiger charge is 2.38. The maximum absolute atomic E-state index is 13.3. The number of hydrogen-bond acceptors (Lipinski definition) is 6. The second-order valence-corrected chi connectivity index (χ2v) is 6.87. The van der Waals surface area contributed by atoms with E-state index in [0.29, 0.717) is 49.2 Å². The number of rotatable bonds is 7. The van der Waals surface area contributed by atoms with E-state index in [2.05, 4.69) is 15.5 Å². The molecule has 0 saturated heterocycles. The van der Waals surface area contributed by atoms with Crippen LogP contribution in [0.2, 0.25) is 0 Å². The molecule has 1 N–H and O–H groups in total. The van der Waals surface area contributed by atoms with Crippen LogP contribution in [0.4, 0.5) is 16.2 Å². The fraction of sp³-hybridized carbons (Fsp3) is 0.318. The lowest BCUT2D eigenvalue weighted by molar-refractivity contribution is 0.199. The molecule has 1 aromatic heterocycles. The average Bonchev–Trinajstić information content (AvgIpc) is 3.38. The molecule has 0 aliphatic carbocycles. The first-order valence-electron chi connectivity index (χ1n) is 9.92. The van der Waals surface area contributed by atoms with E-state index in [0.717, 1.165) is 11.3 Å². The number of carbonyl (C=O) groups is 1. The third-order valence-electron chi connectivity index (χ3n) is 4.92. The van der Waals surface area contributed by atoms with Crippen LogP contribution >= 0.6 is 0 Å². The highest BCUT2D eigenvalue weighted by molar-refractivity contribution is 6.04. The van der Waals surface area contributed by atoms with Crippen molar-refractivity contribution in [2.24, 2.45) is 0 Å². The van der Waals surface area contributed by atoms with Crippen molar-refractivity contribution in [1.82, 2.24) is 10.1 Å². The third kappa shape index (κ3) is 3.99. The molecule has 8 nitrogen and oxygen atoms in total. The van der Waals surface area contributed by atoms with Crippen LogP contribution in [0.15, 0.2) is 53.1 Å². The molecule has 156 valence electrons. The van der Waals surface area contributed by atoms with Gasteiger partial charge in [0, 0.05) is 25.6 Å². The van der Waals surface area contributed by atoms with Gasteiger partial charge in [-0.3, -0.25) is 4.90 Å². The maximum Gasteiger partial charge on any atom is 0.327 e. The number of amides is 2. The van der Waals surface area contributed by atoms with E-state index in [1.807, 2.05) is 55.5 Å². The van der Waals surface area contributed by atoms with E-state index in [9.17, 15) is 4.79 Å². The molecular weight excluding hydrogens is 384 g/mol. The van der Waals surface area contributed by atoms with E-state index in [1.54, 1.807) is 12.0 Å². The molecule has 4 rings (SSSR count). The van der Waals surface area contributed by atoms with Gasteiger partial charge in [-0.15, -0.1) is 0 Å². The van der Waals surface area contributed by atoms with Gasteiger partial charge in [-0.05, 0) is 30.7 Å². The molecule has 0 saturated carbocycles. The summed E-state index contributed by atoms with van der Waals surface area (Å²) in [6.45, 7) is 2.92. The number of hydrogen-bond donors (Lipinski definition) is 1. The highest BCUT2D eigenvalue weighted by Crippen LogP contribution is 2.40. The van der Waals surface area contributed by atoms with Gasteiger partial charge in [0.2, 0.25) is 5.89 Å². The normalized spacial score (nSPS) is 15.1. The third-order valence-corrected chi connectivity index (χ3v) is 4.92. The lowest BCUT2D eigenvalue weighted by atomic mass is 10.1. The van der Waals surface area contributed by atoms with Crippen LogP contribution in [0.5, 0.6) is 5.75 Å². The first-order chi connectivity index (χ1) is 14.7. The number of urea groups is 1. The molecule has 1 aliphatic heterocycles. The van der Waals surface area contributed by atoms with Gasteiger partial charge in [-0.2, -0.15) is 4.98 Å². The van der Waals surface area contributed by atoms with Crippen molar-refractivity contribution in [2.45, 2.75) is 25.8 Å². The van der Waals surface area contributed by atoms with Gasteiger partial charge in [0.25, 0.3) is 0 Å². The molecular formula is C22H24N4O4. The van der Waals surface area contributed by atoms with E-state index < -0.39 is 0 Å². The zero-order chi connectivity index (χ0) is 20.9. The van der Waals surface area contributed by atoms with Crippen molar-refractivity contribution in [3.8, 4) is 5.75 Å². The molecule has 0 bridgehead atoms. The summed E-state index contributed by atoms with van der Waals surface area (Å²) in [7, 11) is 1.63. The second kappa shape index (κ2) is 8.96. The van der Waals surface area contributed by atoms with Gasteiger partial charge < -0.3 is 19.3 Å². The summed E-state index contributed by atoms with van der Waals surface area (Å²) in [5.41, 5.74) is 2.48. The summed E-state index contributed by atoms with van der Waals surface area (Å²) in [4.78, 5) is 19.5. The molecule has 0 fully saturated rings. The molecule has 1 unspecified atom stereocenters. The minimum atomic E-state index is -0.384. The van der Waals surface area contributed by atoms with Gasteiger partial charge in [-0.1, -0.05) is 35.5 Å². The SMILES string of the molecule is CCOc1ccccc1NC(=O)N1c2ccccc2CC1c1nc(CCOC)no1. The Kier molecular flexibility index (Phi) is 5.94. The first-order valence-corrected chi connectivity index (χ1v) is 9.92. The monoisotopic (exact) mass is 408 g/mol. The van der Waals surface area contributed by atoms with Crippen LogP contribution in [0.1, 0.15) is 30.2 Å². The van der Waals surface area contributed by atoms with Crippen molar-refractivity contribution in [1.29, 1.82) is 0 Å². The van der Waals surface area contributed by atoms with E-state index in [1.165, 1.54) is 0 Å². The molecule has 2 aromatic carbocycles. The fourth-order valence-corrected chi connectivity index (χ4v) is 3.56. The van der Waals surface area contributed by atoms with Gasteiger partial charge in [-0.25, -0.2) is 4.79 Å². The molecule has 8 heteroatoms. The predicted molar refractivity (Wildman–Crippen MR) is 112 cm³/mol. The second-order valence-electron chi connectivity index (χ2n) is 6.87. The number of aromatic nitrogens is 2. The van der Waals surface area contributed by atoms with Gasteiger partial charge in [0.05, 0.1) is 18.9 Å². The zero-order valence-corrected chi connectivity index (χ0v) is 17.0. The maximum atomic E-state index is 13.3. The summed E-state index contributed by atoms with van der Waals surface area (Å²) >= 11 is 0. The average molecular weight is 408 g/mol. The lowest BCUT2D eigenvalue weighted by Crippen LogP contribution is -2.36. The number of nitrogens with zero attached hydrogens (tertiary/aromatic N) is 3. The number of nitrogens with one attached hydrogen (secondary N) is 1. The minimum absolute atomic E-state index is 0.284. The summed E-state index contributed by atoms with van der Waals surface area (Å²) < 4.78 is 16.2. The van der Waals surface area contributed by atoms with Crippen molar-refractivity contribution in [2.75, 3.05) is 30.5 Å². The number of carbonyl (C=O) groups excluding carboxylic acids is 1. The smallest absolute Gasteiger partial charge is 0.327 e. The van der Waals surface area contributed by atoms with E-state index in [4.69, 9.17) is 14.0 Å².